The smallest absolute Gasteiger partial charge is 0.306 e. The Bertz CT molecular complexity index is 1320. The molecular weight excluding hydrogens is 500 g/mol. The van der Waals surface area contributed by atoms with Crippen LogP contribution in [0, 0.1) is 24.2 Å². The summed E-state index contributed by atoms with van der Waals surface area (Å²) < 4.78 is 11.8. The molecule has 1 aromatic heterocycles. The van der Waals surface area contributed by atoms with Crippen LogP contribution >= 0.6 is 11.3 Å². The molecule has 2 saturated heterocycles. The fourth-order valence-electron chi connectivity index (χ4n) is 5.02. The van der Waals surface area contributed by atoms with Gasteiger partial charge < -0.3 is 19.5 Å². The molecule has 3 heterocycles. The van der Waals surface area contributed by atoms with E-state index in [2.05, 4.69) is 21.9 Å². The highest BCUT2D eigenvalue weighted by molar-refractivity contribution is 7.14. The number of nitriles is 1. The number of ether oxygens (including phenoxy) is 2. The number of aryl methyl sites for hydroxylation is 1. The first-order chi connectivity index (χ1) is 18.5. The molecule has 0 aliphatic carbocycles. The Morgan fingerprint density at radius 1 is 1.21 bits per heavy atom. The predicted octanol–water partition coefficient (Wildman–Crippen LogP) is 4.70. The van der Waals surface area contributed by atoms with Crippen LogP contribution in [0.1, 0.15) is 35.1 Å². The van der Waals surface area contributed by atoms with Crippen molar-refractivity contribution in [2.24, 2.45) is 5.92 Å². The number of para-hydroxylation sites is 1. The Hall–Kier alpha value is -3.45. The predicted molar refractivity (Wildman–Crippen MR) is 146 cm³/mol. The van der Waals surface area contributed by atoms with E-state index in [9.17, 15) is 15.2 Å². The molecule has 1 N–H and O–H groups in total. The van der Waals surface area contributed by atoms with Gasteiger partial charge in [-0.15, -0.1) is 11.3 Å². The first kappa shape index (κ1) is 26.2. The number of nitrogens with zero attached hydrogens (tertiary/aromatic N) is 4. The number of piperidine rings is 1. The van der Waals surface area contributed by atoms with Gasteiger partial charge in [0, 0.05) is 49.2 Å². The highest BCUT2D eigenvalue weighted by Crippen LogP contribution is 2.37. The van der Waals surface area contributed by atoms with Crippen molar-refractivity contribution >= 4 is 22.4 Å². The summed E-state index contributed by atoms with van der Waals surface area (Å²) in [6, 6.07) is 14.4. The van der Waals surface area contributed by atoms with Gasteiger partial charge in [-0.2, -0.15) is 5.26 Å². The third-order valence-corrected chi connectivity index (χ3v) is 8.17. The monoisotopic (exact) mass is 532 g/mol. The Labute approximate surface area is 227 Å². The Morgan fingerprint density at radius 3 is 2.74 bits per heavy atom. The largest absolute Gasteiger partial charge is 0.488 e. The van der Waals surface area contributed by atoms with Crippen LogP contribution in [0.15, 0.2) is 41.8 Å². The van der Waals surface area contributed by atoms with Crippen LogP contribution < -0.4 is 9.64 Å². The molecule has 9 heteroatoms. The maximum absolute atomic E-state index is 11.3. The number of hydrogen-bond acceptors (Lipinski definition) is 8. The maximum atomic E-state index is 11.3. The lowest BCUT2D eigenvalue weighted by Crippen LogP contribution is -2.36. The second-order valence-electron chi connectivity index (χ2n) is 9.85. The van der Waals surface area contributed by atoms with E-state index in [-0.39, 0.29) is 12.5 Å². The molecule has 198 valence electrons. The third kappa shape index (κ3) is 5.99. The molecule has 38 heavy (non-hydrogen) atoms. The number of carboxylic acid groups (broad SMARTS) is 1. The van der Waals surface area contributed by atoms with Gasteiger partial charge >= 0.3 is 5.97 Å². The zero-order valence-corrected chi connectivity index (χ0v) is 22.4. The Morgan fingerprint density at radius 2 is 2.00 bits per heavy atom. The van der Waals surface area contributed by atoms with Crippen molar-refractivity contribution in [2.75, 3.05) is 44.3 Å². The second-order valence-corrected chi connectivity index (χ2v) is 10.7. The highest BCUT2D eigenvalue weighted by atomic mass is 32.1. The van der Waals surface area contributed by atoms with Gasteiger partial charge in [0.25, 0.3) is 0 Å². The third-order valence-electron chi connectivity index (χ3n) is 7.27. The minimum absolute atomic E-state index is 0.269. The van der Waals surface area contributed by atoms with Crippen molar-refractivity contribution in [3.8, 4) is 23.1 Å². The molecule has 0 unspecified atom stereocenters. The average molecular weight is 533 g/mol. The van der Waals surface area contributed by atoms with Gasteiger partial charge in [-0.1, -0.05) is 24.3 Å². The molecule has 0 atom stereocenters. The van der Waals surface area contributed by atoms with Crippen molar-refractivity contribution < 1.29 is 19.4 Å². The molecule has 2 fully saturated rings. The number of benzene rings is 2. The van der Waals surface area contributed by atoms with E-state index in [4.69, 9.17) is 14.5 Å². The summed E-state index contributed by atoms with van der Waals surface area (Å²) in [6.07, 6.45) is 1.27. The lowest BCUT2D eigenvalue weighted by Gasteiger charge is -2.29. The summed E-state index contributed by atoms with van der Waals surface area (Å²) in [5.74, 6) is -0.221. The first-order valence-electron chi connectivity index (χ1n) is 13.0. The fraction of sp³-hybridized carbons (Fsp3) is 0.414. The molecule has 5 rings (SSSR count). The number of aliphatic carboxylic acids is 1. The van der Waals surface area contributed by atoms with E-state index < -0.39 is 5.97 Å². The van der Waals surface area contributed by atoms with Gasteiger partial charge in [0.15, 0.2) is 5.13 Å². The van der Waals surface area contributed by atoms with E-state index in [0.29, 0.717) is 31.5 Å². The van der Waals surface area contributed by atoms with Crippen LogP contribution in [-0.4, -0.2) is 60.4 Å². The zero-order valence-electron chi connectivity index (χ0n) is 21.6. The van der Waals surface area contributed by atoms with Gasteiger partial charge in [-0.05, 0) is 43.0 Å². The molecule has 0 bridgehead atoms. The van der Waals surface area contributed by atoms with Gasteiger partial charge in [0.2, 0.25) is 0 Å². The van der Waals surface area contributed by atoms with Crippen LogP contribution in [0.5, 0.6) is 5.75 Å². The molecular formula is C29H32N4O4S. The van der Waals surface area contributed by atoms with Gasteiger partial charge in [0.1, 0.15) is 12.4 Å². The number of rotatable bonds is 8. The molecule has 0 saturated carbocycles. The molecule has 2 aliphatic rings. The molecule has 0 amide bonds. The van der Waals surface area contributed by atoms with E-state index in [0.717, 1.165) is 71.7 Å². The number of thiazole rings is 1. The number of hydrogen-bond donors (Lipinski definition) is 1. The van der Waals surface area contributed by atoms with Crippen LogP contribution in [0.25, 0.3) is 11.3 Å². The molecule has 2 aromatic carbocycles. The quantitative estimate of drug-likeness (QED) is 0.446. The SMILES string of the molecule is Cc1cccc(-c2csc(N3CCC(C(=O)O)CC3)n2)c1OCc1ccc(CN2CCOCC2)cc1C#N. The van der Waals surface area contributed by atoms with Crippen LogP contribution in [-0.2, 0) is 22.7 Å². The number of morpholine rings is 1. The molecule has 3 aromatic rings. The highest BCUT2D eigenvalue weighted by Gasteiger charge is 2.26. The normalized spacial score (nSPS) is 16.8. The van der Waals surface area contributed by atoms with E-state index in [1.165, 1.54) is 0 Å². The van der Waals surface area contributed by atoms with Crippen molar-refractivity contribution in [2.45, 2.75) is 32.9 Å². The van der Waals surface area contributed by atoms with E-state index in [1.54, 1.807) is 11.3 Å². The van der Waals surface area contributed by atoms with Gasteiger partial charge in [-0.3, -0.25) is 9.69 Å². The molecule has 0 spiro atoms. The number of carboxylic acids is 1. The number of aromatic nitrogens is 1. The molecule has 2 aliphatic heterocycles. The Balaban J connectivity index is 1.29. The first-order valence-corrected chi connectivity index (χ1v) is 13.9. The zero-order chi connectivity index (χ0) is 26.5. The van der Waals surface area contributed by atoms with Crippen molar-refractivity contribution in [1.82, 2.24) is 9.88 Å². The van der Waals surface area contributed by atoms with Crippen LogP contribution in [0.3, 0.4) is 0 Å². The van der Waals surface area contributed by atoms with Crippen molar-refractivity contribution in [1.29, 1.82) is 5.26 Å². The minimum atomic E-state index is -0.711. The molecule has 8 nitrogen and oxygen atoms in total. The average Bonchev–Trinajstić information content (AvgIpc) is 3.43. The molecule has 0 radical (unpaired) electrons. The lowest BCUT2D eigenvalue weighted by molar-refractivity contribution is -0.142. The van der Waals surface area contributed by atoms with E-state index >= 15 is 0 Å². The van der Waals surface area contributed by atoms with Crippen molar-refractivity contribution in [3.05, 3.63) is 64.0 Å². The van der Waals surface area contributed by atoms with Gasteiger partial charge in [0.05, 0.1) is 36.5 Å². The fourth-order valence-corrected chi connectivity index (χ4v) is 5.90. The minimum Gasteiger partial charge on any atom is -0.488 e. The van der Waals surface area contributed by atoms with Crippen LogP contribution in [0.2, 0.25) is 0 Å². The summed E-state index contributed by atoms with van der Waals surface area (Å²) in [4.78, 5) is 20.7. The number of anilines is 1. The standard InChI is InChI=1S/C29H32N4O4S/c1-20-3-2-4-25(26-19-38-29(31-26)33-9-7-22(8-10-33)28(34)35)27(20)37-18-23-6-5-21(15-24(23)16-30)17-32-11-13-36-14-12-32/h2-6,15,19,22H,7-14,17-18H2,1H3,(H,34,35). The van der Waals surface area contributed by atoms with Crippen LogP contribution in [0.4, 0.5) is 5.13 Å². The topological polar surface area (TPSA) is 98.9 Å². The lowest BCUT2D eigenvalue weighted by atomic mass is 9.97. The summed E-state index contributed by atoms with van der Waals surface area (Å²) in [5.41, 5.74) is 5.35. The second kappa shape index (κ2) is 11.9. The number of carbonyl (C=O) groups is 1. The summed E-state index contributed by atoms with van der Waals surface area (Å²) in [7, 11) is 0. The summed E-state index contributed by atoms with van der Waals surface area (Å²) >= 11 is 1.57. The van der Waals surface area contributed by atoms with E-state index in [1.807, 2.05) is 42.6 Å². The summed E-state index contributed by atoms with van der Waals surface area (Å²) in [6.45, 7) is 7.81. The maximum Gasteiger partial charge on any atom is 0.306 e. The summed E-state index contributed by atoms with van der Waals surface area (Å²) in [5, 5.41) is 22.0. The van der Waals surface area contributed by atoms with Crippen molar-refractivity contribution in [3.63, 3.8) is 0 Å². The Kier molecular flexibility index (Phi) is 8.23. The van der Waals surface area contributed by atoms with Gasteiger partial charge in [-0.25, -0.2) is 4.98 Å².